The fourth-order valence-electron chi connectivity index (χ4n) is 1.64. The molecular weight excluding hydrogens is 238 g/mol. The molecule has 0 spiro atoms. The summed E-state index contributed by atoms with van der Waals surface area (Å²) in [5.74, 6) is -1.50. The van der Waals surface area contributed by atoms with Gasteiger partial charge in [0.2, 0.25) is 5.91 Å². The lowest BCUT2D eigenvalue weighted by molar-refractivity contribution is -0.116. The molecule has 3 nitrogen and oxygen atoms in total. The van der Waals surface area contributed by atoms with E-state index in [0.29, 0.717) is 0 Å². The van der Waals surface area contributed by atoms with Crippen LogP contribution >= 0.6 is 0 Å². The summed E-state index contributed by atoms with van der Waals surface area (Å²) in [4.78, 5) is 11.6. The topological polar surface area (TPSA) is 41.1 Å². The third kappa shape index (κ3) is 4.07. The lowest BCUT2D eigenvalue weighted by Gasteiger charge is -2.13. The Labute approximate surface area is 106 Å². The Morgan fingerprint density at radius 3 is 2.61 bits per heavy atom. The van der Waals surface area contributed by atoms with Crippen LogP contribution in [0.5, 0.6) is 0 Å². The molecule has 0 aliphatic carbocycles. The van der Waals surface area contributed by atoms with Crippen molar-refractivity contribution in [1.82, 2.24) is 5.32 Å². The zero-order valence-corrected chi connectivity index (χ0v) is 10.8. The molecule has 0 fully saturated rings. The molecule has 1 unspecified atom stereocenters. The average Bonchev–Trinajstić information content (AvgIpc) is 2.26. The van der Waals surface area contributed by atoms with Gasteiger partial charge in [0.05, 0.1) is 5.69 Å². The number of amides is 1. The summed E-state index contributed by atoms with van der Waals surface area (Å²) in [6.07, 6.45) is 0.211. The van der Waals surface area contributed by atoms with E-state index < -0.39 is 11.6 Å². The molecule has 1 aromatic rings. The minimum Gasteiger partial charge on any atom is -0.323 e. The fourth-order valence-corrected chi connectivity index (χ4v) is 1.64. The Kier molecular flexibility index (Phi) is 5.22. The number of anilines is 1. The number of carbonyl (C=O) groups is 1. The summed E-state index contributed by atoms with van der Waals surface area (Å²) in [6.45, 7) is 6.01. The van der Waals surface area contributed by atoms with E-state index in [9.17, 15) is 13.6 Å². The highest BCUT2D eigenvalue weighted by Gasteiger charge is 2.12. The van der Waals surface area contributed by atoms with E-state index in [1.165, 1.54) is 6.92 Å². The van der Waals surface area contributed by atoms with Crippen LogP contribution in [0.15, 0.2) is 12.1 Å². The zero-order chi connectivity index (χ0) is 13.7. The standard InChI is InChI=1S/C13H18F2N2O/c1-4-16-9(3)6-13(18)17-12-7-10(14)8(2)5-11(12)15/h5,7,9,16H,4,6H2,1-3H3,(H,17,18). The molecule has 0 heterocycles. The molecule has 0 saturated carbocycles. The molecule has 1 rings (SSSR count). The molecule has 18 heavy (non-hydrogen) atoms. The quantitative estimate of drug-likeness (QED) is 0.850. The van der Waals surface area contributed by atoms with Crippen LogP contribution in [0.4, 0.5) is 14.5 Å². The number of hydrogen-bond donors (Lipinski definition) is 2. The summed E-state index contributed by atoms with van der Waals surface area (Å²) in [6, 6.07) is 2.06. The predicted octanol–water partition coefficient (Wildman–Crippen LogP) is 2.60. The van der Waals surface area contributed by atoms with Crippen molar-refractivity contribution >= 4 is 11.6 Å². The molecule has 0 bridgehead atoms. The van der Waals surface area contributed by atoms with Gasteiger partial charge in [0, 0.05) is 18.5 Å². The van der Waals surface area contributed by atoms with Crippen molar-refractivity contribution in [2.45, 2.75) is 33.2 Å². The van der Waals surface area contributed by atoms with Crippen molar-refractivity contribution in [2.24, 2.45) is 0 Å². The summed E-state index contributed by atoms with van der Waals surface area (Å²) in [5.41, 5.74) is 0.0957. The van der Waals surface area contributed by atoms with Gasteiger partial charge >= 0.3 is 0 Å². The van der Waals surface area contributed by atoms with Gasteiger partial charge in [-0.3, -0.25) is 4.79 Å². The van der Waals surface area contributed by atoms with E-state index in [-0.39, 0.29) is 29.6 Å². The smallest absolute Gasteiger partial charge is 0.226 e. The van der Waals surface area contributed by atoms with Gasteiger partial charge < -0.3 is 10.6 Å². The van der Waals surface area contributed by atoms with Crippen molar-refractivity contribution in [1.29, 1.82) is 0 Å². The monoisotopic (exact) mass is 256 g/mol. The van der Waals surface area contributed by atoms with E-state index in [4.69, 9.17) is 0 Å². The third-order valence-corrected chi connectivity index (χ3v) is 2.57. The lowest BCUT2D eigenvalue weighted by Crippen LogP contribution is -2.30. The molecular formula is C13H18F2N2O. The number of benzene rings is 1. The number of carbonyl (C=O) groups excluding carboxylic acids is 1. The van der Waals surface area contributed by atoms with Gasteiger partial charge in [-0.05, 0) is 32.0 Å². The summed E-state index contributed by atoms with van der Waals surface area (Å²) >= 11 is 0. The van der Waals surface area contributed by atoms with Crippen molar-refractivity contribution in [3.63, 3.8) is 0 Å². The molecule has 0 aromatic heterocycles. The highest BCUT2D eigenvalue weighted by atomic mass is 19.1. The first-order valence-corrected chi connectivity index (χ1v) is 5.93. The largest absolute Gasteiger partial charge is 0.323 e. The Morgan fingerprint density at radius 1 is 1.33 bits per heavy atom. The third-order valence-electron chi connectivity index (χ3n) is 2.57. The highest BCUT2D eigenvalue weighted by molar-refractivity contribution is 5.91. The fraction of sp³-hybridized carbons (Fsp3) is 0.462. The van der Waals surface area contributed by atoms with Crippen LogP contribution in [0, 0.1) is 18.6 Å². The predicted molar refractivity (Wildman–Crippen MR) is 67.5 cm³/mol. The lowest BCUT2D eigenvalue weighted by atomic mass is 10.2. The molecule has 1 aromatic carbocycles. The van der Waals surface area contributed by atoms with Crippen LogP contribution in [0.25, 0.3) is 0 Å². The molecule has 100 valence electrons. The Morgan fingerprint density at radius 2 is 2.00 bits per heavy atom. The van der Waals surface area contributed by atoms with Gasteiger partial charge in [-0.15, -0.1) is 0 Å². The number of halogens is 2. The summed E-state index contributed by atoms with van der Waals surface area (Å²) in [5, 5.41) is 5.44. The summed E-state index contributed by atoms with van der Waals surface area (Å²) in [7, 11) is 0. The summed E-state index contributed by atoms with van der Waals surface area (Å²) < 4.78 is 26.7. The van der Waals surface area contributed by atoms with Crippen molar-refractivity contribution < 1.29 is 13.6 Å². The average molecular weight is 256 g/mol. The molecule has 2 N–H and O–H groups in total. The van der Waals surface area contributed by atoms with Crippen molar-refractivity contribution in [3.8, 4) is 0 Å². The van der Waals surface area contributed by atoms with E-state index >= 15 is 0 Å². The number of nitrogens with one attached hydrogen (secondary N) is 2. The van der Waals surface area contributed by atoms with Gasteiger partial charge in [-0.2, -0.15) is 0 Å². The molecule has 0 radical (unpaired) electrons. The second kappa shape index (κ2) is 6.44. The number of aryl methyl sites for hydroxylation is 1. The van der Waals surface area contributed by atoms with E-state index in [2.05, 4.69) is 10.6 Å². The Bertz CT molecular complexity index is 435. The highest BCUT2D eigenvalue weighted by Crippen LogP contribution is 2.19. The van der Waals surface area contributed by atoms with E-state index in [1.807, 2.05) is 13.8 Å². The maximum Gasteiger partial charge on any atom is 0.226 e. The molecule has 1 amide bonds. The second-order valence-corrected chi connectivity index (χ2v) is 4.29. The van der Waals surface area contributed by atoms with Gasteiger partial charge in [-0.1, -0.05) is 6.92 Å². The van der Waals surface area contributed by atoms with Crippen LogP contribution in [0.1, 0.15) is 25.8 Å². The number of hydrogen-bond acceptors (Lipinski definition) is 2. The normalized spacial score (nSPS) is 12.3. The molecule has 0 saturated heterocycles. The minimum absolute atomic E-state index is 0.00615. The molecule has 0 aliphatic heterocycles. The molecule has 5 heteroatoms. The second-order valence-electron chi connectivity index (χ2n) is 4.29. The molecule has 1 atom stereocenters. The van der Waals surface area contributed by atoms with Crippen LogP contribution < -0.4 is 10.6 Å². The minimum atomic E-state index is -0.627. The van der Waals surface area contributed by atoms with Gasteiger partial charge in [0.15, 0.2) is 0 Å². The van der Waals surface area contributed by atoms with Crippen molar-refractivity contribution in [2.75, 3.05) is 11.9 Å². The number of rotatable bonds is 5. The molecule has 0 aliphatic rings. The van der Waals surface area contributed by atoms with Gasteiger partial charge in [-0.25, -0.2) is 8.78 Å². The van der Waals surface area contributed by atoms with Gasteiger partial charge in [0.25, 0.3) is 0 Å². The van der Waals surface area contributed by atoms with Gasteiger partial charge in [0.1, 0.15) is 11.6 Å². The maximum atomic E-state index is 13.5. The zero-order valence-electron chi connectivity index (χ0n) is 10.8. The Hall–Kier alpha value is -1.49. The van der Waals surface area contributed by atoms with Crippen LogP contribution in [0.2, 0.25) is 0 Å². The van der Waals surface area contributed by atoms with Crippen LogP contribution in [0.3, 0.4) is 0 Å². The SMILES string of the molecule is CCNC(C)CC(=O)Nc1cc(F)c(C)cc1F. The maximum absolute atomic E-state index is 13.5. The Balaban J connectivity index is 2.67. The van der Waals surface area contributed by atoms with Crippen LogP contribution in [-0.2, 0) is 4.79 Å². The first-order chi connectivity index (χ1) is 8.43. The van der Waals surface area contributed by atoms with Crippen molar-refractivity contribution in [3.05, 3.63) is 29.3 Å². The van der Waals surface area contributed by atoms with Crippen LogP contribution in [-0.4, -0.2) is 18.5 Å². The van der Waals surface area contributed by atoms with E-state index in [0.717, 1.165) is 18.7 Å². The first-order valence-electron chi connectivity index (χ1n) is 5.93. The first kappa shape index (κ1) is 14.6. The van der Waals surface area contributed by atoms with E-state index in [1.54, 1.807) is 0 Å².